The van der Waals surface area contributed by atoms with E-state index in [-0.39, 0.29) is 17.4 Å². The summed E-state index contributed by atoms with van der Waals surface area (Å²) in [4.78, 5) is 17.8. The predicted octanol–water partition coefficient (Wildman–Crippen LogP) is 3.71. The van der Waals surface area contributed by atoms with Gasteiger partial charge in [0.15, 0.2) is 6.61 Å². The van der Waals surface area contributed by atoms with Gasteiger partial charge in [-0.15, -0.1) is 0 Å². The second-order valence-electron chi connectivity index (χ2n) is 8.68. The number of alkyl halides is 2. The monoisotopic (exact) mass is 417 g/mol. The van der Waals surface area contributed by atoms with E-state index in [1.807, 2.05) is 24.7 Å². The molecular weight excluding hydrogens is 392 g/mol. The summed E-state index contributed by atoms with van der Waals surface area (Å²) in [6, 6.07) is 8.35. The van der Waals surface area contributed by atoms with E-state index in [1.54, 1.807) is 0 Å². The van der Waals surface area contributed by atoms with Crippen molar-refractivity contribution in [3.8, 4) is 11.3 Å². The number of piperidine rings is 1. The number of carbonyl (C=O) groups is 1. The Balaban J connectivity index is 1.31. The average molecular weight is 417 g/mol. The Labute approximate surface area is 173 Å². The first-order valence-corrected chi connectivity index (χ1v) is 10.5. The van der Waals surface area contributed by atoms with Crippen molar-refractivity contribution in [1.82, 2.24) is 14.5 Å². The molecule has 5 rings (SSSR count). The van der Waals surface area contributed by atoms with Gasteiger partial charge in [-0.1, -0.05) is 24.3 Å². The Morgan fingerprint density at radius 1 is 1.27 bits per heavy atom. The second kappa shape index (κ2) is 7.34. The van der Waals surface area contributed by atoms with E-state index >= 15 is 0 Å². The maximum absolute atomic E-state index is 12.3. The van der Waals surface area contributed by atoms with Gasteiger partial charge < -0.3 is 19.3 Å². The molecule has 1 aliphatic carbocycles. The molecule has 1 aromatic heterocycles. The van der Waals surface area contributed by atoms with Gasteiger partial charge in [0.2, 0.25) is 0 Å². The first-order valence-electron chi connectivity index (χ1n) is 10.5. The molecule has 3 aliphatic rings. The van der Waals surface area contributed by atoms with E-state index in [4.69, 9.17) is 0 Å². The number of likely N-dealkylation sites (tertiary alicyclic amines) is 1. The summed E-state index contributed by atoms with van der Waals surface area (Å²) in [6.07, 6.45) is 2.96. The first-order chi connectivity index (χ1) is 14.5. The number of amides is 1. The minimum Gasteiger partial charge on any atom is -0.443 e. The number of carbonyl (C=O) groups excluding carboxylic acids is 1. The van der Waals surface area contributed by atoms with Crippen molar-refractivity contribution in [2.75, 3.05) is 19.7 Å². The van der Waals surface area contributed by atoms with Gasteiger partial charge in [0, 0.05) is 30.0 Å². The van der Waals surface area contributed by atoms with Crippen molar-refractivity contribution in [1.29, 1.82) is 0 Å². The Kier molecular flexibility index (Phi) is 4.76. The van der Waals surface area contributed by atoms with Crippen LogP contribution in [-0.2, 0) is 4.74 Å². The molecule has 30 heavy (non-hydrogen) atoms. The fourth-order valence-corrected chi connectivity index (χ4v) is 5.76. The summed E-state index contributed by atoms with van der Waals surface area (Å²) in [5, 5.41) is 11.4. The van der Waals surface area contributed by atoms with E-state index in [0.29, 0.717) is 25.9 Å². The van der Waals surface area contributed by atoms with Crippen molar-refractivity contribution >= 4 is 6.09 Å². The van der Waals surface area contributed by atoms with Crippen LogP contribution >= 0.6 is 0 Å². The Bertz CT molecular complexity index is 939. The summed E-state index contributed by atoms with van der Waals surface area (Å²) in [6.45, 7) is -0.0354. The van der Waals surface area contributed by atoms with E-state index in [0.717, 1.165) is 18.5 Å². The third-order valence-electron chi connectivity index (χ3n) is 7.29. The van der Waals surface area contributed by atoms with Crippen molar-refractivity contribution in [3.05, 3.63) is 42.4 Å². The van der Waals surface area contributed by atoms with Crippen LogP contribution in [0.1, 0.15) is 37.3 Å². The molecule has 2 aromatic rings. The number of rotatable bonds is 3. The third-order valence-corrected chi connectivity index (χ3v) is 7.29. The van der Waals surface area contributed by atoms with Crippen molar-refractivity contribution in [2.45, 2.75) is 44.3 Å². The minimum atomic E-state index is -2.66. The van der Waals surface area contributed by atoms with Crippen LogP contribution in [0.15, 0.2) is 36.8 Å². The summed E-state index contributed by atoms with van der Waals surface area (Å²) in [5.41, 5.74) is 3.23. The Morgan fingerprint density at radius 3 is 2.80 bits per heavy atom. The van der Waals surface area contributed by atoms with E-state index < -0.39 is 25.2 Å². The number of aliphatic hydroxyl groups excluding tert-OH is 1. The number of aromatic nitrogens is 2. The van der Waals surface area contributed by atoms with E-state index in [1.165, 1.54) is 16.0 Å². The lowest BCUT2D eigenvalue weighted by atomic mass is 9.73. The lowest BCUT2D eigenvalue weighted by Gasteiger charge is -2.42. The normalized spacial score (nSPS) is 26.8. The molecule has 1 aromatic carbocycles. The number of halogens is 2. The van der Waals surface area contributed by atoms with Crippen LogP contribution in [0.5, 0.6) is 0 Å². The maximum Gasteiger partial charge on any atom is 0.409 e. The van der Waals surface area contributed by atoms with Gasteiger partial charge in [-0.3, -0.25) is 0 Å². The number of nitrogens with zero attached hydrogens (tertiary/aromatic N) is 3. The van der Waals surface area contributed by atoms with Crippen molar-refractivity contribution in [2.24, 2.45) is 11.3 Å². The summed E-state index contributed by atoms with van der Waals surface area (Å²) in [7, 11) is 0. The lowest BCUT2D eigenvalue weighted by Crippen LogP contribution is -2.48. The maximum atomic E-state index is 12.3. The number of benzene rings is 1. The van der Waals surface area contributed by atoms with E-state index in [9.17, 15) is 18.7 Å². The highest BCUT2D eigenvalue weighted by molar-refractivity contribution is 5.69. The zero-order chi connectivity index (χ0) is 20.9. The quantitative estimate of drug-likeness (QED) is 0.827. The molecule has 3 heterocycles. The molecule has 1 N–H and O–H groups in total. The highest BCUT2D eigenvalue weighted by atomic mass is 19.3. The van der Waals surface area contributed by atoms with Gasteiger partial charge in [0.25, 0.3) is 6.43 Å². The Hall–Kier alpha value is -2.48. The van der Waals surface area contributed by atoms with Crippen LogP contribution in [0, 0.1) is 11.3 Å². The fourth-order valence-electron chi connectivity index (χ4n) is 5.76. The van der Waals surface area contributed by atoms with Gasteiger partial charge in [-0.2, -0.15) is 0 Å². The largest absolute Gasteiger partial charge is 0.443 e. The van der Waals surface area contributed by atoms with Crippen LogP contribution in [-0.4, -0.2) is 57.9 Å². The van der Waals surface area contributed by atoms with Crippen molar-refractivity contribution < 1.29 is 23.4 Å². The van der Waals surface area contributed by atoms with Gasteiger partial charge in [-0.25, -0.2) is 18.6 Å². The molecule has 1 spiro atoms. The third kappa shape index (κ3) is 3.00. The predicted molar refractivity (Wildman–Crippen MR) is 105 cm³/mol. The van der Waals surface area contributed by atoms with Gasteiger partial charge in [0.1, 0.15) is 0 Å². The Morgan fingerprint density at radius 2 is 2.03 bits per heavy atom. The summed E-state index contributed by atoms with van der Waals surface area (Å²) < 4.78 is 31.4. The summed E-state index contributed by atoms with van der Waals surface area (Å²) in [5.74, 6) is 0.0685. The first kappa shape index (κ1) is 19.5. The van der Waals surface area contributed by atoms with Gasteiger partial charge in [0.05, 0.1) is 30.4 Å². The molecule has 160 valence electrons. The number of hydrogen-bond donors (Lipinski definition) is 1. The van der Waals surface area contributed by atoms with Crippen LogP contribution in [0.2, 0.25) is 0 Å². The van der Waals surface area contributed by atoms with Gasteiger partial charge >= 0.3 is 6.09 Å². The molecule has 0 bridgehead atoms. The number of imidazole rings is 1. The standard InChI is InChI=1S/C22H25F2N3O3/c23-18(24)12-30-21(29)26-9-7-22(8-10-26)6-5-16(20(22)28)19-15-4-2-1-3-14(15)17-11-25-13-27(17)19/h1-4,11,13,16,18-20,28H,5-10,12H2. The molecule has 1 amide bonds. The SMILES string of the molecule is O=C(OCC(F)F)N1CCC2(CCC(C3c4ccccc4-c4cncn43)C2O)CC1. The second-order valence-corrected chi connectivity index (χ2v) is 8.68. The highest BCUT2D eigenvalue weighted by Crippen LogP contribution is 2.55. The molecule has 3 unspecified atom stereocenters. The van der Waals surface area contributed by atoms with Crippen LogP contribution in [0.3, 0.4) is 0 Å². The van der Waals surface area contributed by atoms with Crippen LogP contribution in [0.25, 0.3) is 11.3 Å². The topological polar surface area (TPSA) is 67.6 Å². The molecular formula is C22H25F2N3O3. The lowest BCUT2D eigenvalue weighted by molar-refractivity contribution is -0.0294. The number of ether oxygens (including phenoxy) is 1. The molecule has 8 heteroatoms. The van der Waals surface area contributed by atoms with Crippen molar-refractivity contribution in [3.63, 3.8) is 0 Å². The molecule has 1 saturated heterocycles. The fraction of sp³-hybridized carbons (Fsp3) is 0.545. The zero-order valence-corrected chi connectivity index (χ0v) is 16.6. The molecule has 0 radical (unpaired) electrons. The molecule has 1 saturated carbocycles. The highest BCUT2D eigenvalue weighted by Gasteiger charge is 2.53. The number of hydrogen-bond acceptors (Lipinski definition) is 4. The minimum absolute atomic E-state index is 0.0575. The number of fused-ring (bicyclic) bond motifs is 3. The molecule has 6 nitrogen and oxygen atoms in total. The summed E-state index contributed by atoms with van der Waals surface area (Å²) >= 11 is 0. The average Bonchev–Trinajstić information content (AvgIpc) is 3.42. The molecule has 2 aliphatic heterocycles. The zero-order valence-electron chi connectivity index (χ0n) is 16.6. The molecule has 3 atom stereocenters. The van der Waals surface area contributed by atoms with Gasteiger partial charge in [-0.05, 0) is 31.2 Å². The van der Waals surface area contributed by atoms with Crippen LogP contribution < -0.4 is 0 Å². The van der Waals surface area contributed by atoms with E-state index in [2.05, 4.69) is 26.4 Å². The number of aliphatic hydroxyl groups is 1. The molecule has 2 fully saturated rings. The smallest absolute Gasteiger partial charge is 0.409 e. The van der Waals surface area contributed by atoms with Crippen LogP contribution in [0.4, 0.5) is 13.6 Å².